The highest BCUT2D eigenvalue weighted by atomic mass is 35.5. The SMILES string of the molecule is O=c1[nH]c(CSc2nnc(-c3ccc(Cl)cc3)n2C[C@H]2CCCO2)nc2ccsc12. The topological polar surface area (TPSA) is 85.7 Å². The van der Waals surface area contributed by atoms with Crippen molar-refractivity contribution in [1.29, 1.82) is 0 Å². The maximum atomic E-state index is 12.2. The number of benzene rings is 1. The van der Waals surface area contributed by atoms with Gasteiger partial charge < -0.3 is 9.72 Å². The molecule has 1 atom stereocenters. The molecule has 0 radical (unpaired) electrons. The minimum atomic E-state index is -0.103. The van der Waals surface area contributed by atoms with E-state index in [1.807, 2.05) is 35.7 Å². The van der Waals surface area contributed by atoms with Crippen LogP contribution in [0.1, 0.15) is 18.7 Å². The molecule has 0 aliphatic carbocycles. The van der Waals surface area contributed by atoms with Gasteiger partial charge in [-0.25, -0.2) is 4.98 Å². The Kier molecular flexibility index (Phi) is 5.60. The average Bonchev–Trinajstić information content (AvgIpc) is 3.49. The lowest BCUT2D eigenvalue weighted by Gasteiger charge is -2.14. The van der Waals surface area contributed by atoms with Crippen molar-refractivity contribution < 1.29 is 4.74 Å². The van der Waals surface area contributed by atoms with Crippen LogP contribution in [-0.2, 0) is 17.0 Å². The van der Waals surface area contributed by atoms with Gasteiger partial charge in [0.25, 0.3) is 5.56 Å². The number of H-pyrrole nitrogens is 1. The molecule has 10 heteroatoms. The van der Waals surface area contributed by atoms with Crippen LogP contribution >= 0.6 is 34.7 Å². The quantitative estimate of drug-likeness (QED) is 0.431. The number of ether oxygens (including phenoxy) is 1. The second-order valence-electron chi connectivity index (χ2n) is 6.99. The molecule has 30 heavy (non-hydrogen) atoms. The number of aromatic amines is 1. The van der Waals surface area contributed by atoms with E-state index in [1.165, 1.54) is 23.1 Å². The van der Waals surface area contributed by atoms with Gasteiger partial charge in [-0.1, -0.05) is 23.4 Å². The first-order valence-electron chi connectivity index (χ1n) is 9.57. The molecule has 1 aliphatic heterocycles. The number of fused-ring (bicyclic) bond motifs is 1. The van der Waals surface area contributed by atoms with Crippen molar-refractivity contribution in [2.75, 3.05) is 6.61 Å². The van der Waals surface area contributed by atoms with Crippen LogP contribution in [0.4, 0.5) is 0 Å². The maximum absolute atomic E-state index is 12.2. The van der Waals surface area contributed by atoms with Gasteiger partial charge in [-0.3, -0.25) is 9.36 Å². The summed E-state index contributed by atoms with van der Waals surface area (Å²) in [6, 6.07) is 9.44. The molecule has 5 rings (SSSR count). The Labute approximate surface area is 185 Å². The summed E-state index contributed by atoms with van der Waals surface area (Å²) >= 11 is 8.94. The molecular formula is C20H18ClN5O2S2. The zero-order valence-electron chi connectivity index (χ0n) is 15.9. The van der Waals surface area contributed by atoms with Crippen LogP contribution in [0.15, 0.2) is 45.7 Å². The Balaban J connectivity index is 1.44. The average molecular weight is 460 g/mol. The fourth-order valence-corrected chi connectivity index (χ4v) is 5.16. The van der Waals surface area contributed by atoms with Gasteiger partial charge in [0.05, 0.1) is 23.9 Å². The van der Waals surface area contributed by atoms with Crippen LogP contribution in [0, 0.1) is 0 Å². The molecule has 0 amide bonds. The molecule has 1 aromatic carbocycles. The first kappa shape index (κ1) is 19.7. The number of hydrogen-bond acceptors (Lipinski definition) is 7. The van der Waals surface area contributed by atoms with Crippen molar-refractivity contribution in [1.82, 2.24) is 24.7 Å². The Hall–Kier alpha value is -2.20. The van der Waals surface area contributed by atoms with Crippen LogP contribution in [0.2, 0.25) is 5.02 Å². The first-order chi connectivity index (χ1) is 14.7. The summed E-state index contributed by atoms with van der Waals surface area (Å²) in [6.07, 6.45) is 2.23. The highest BCUT2D eigenvalue weighted by molar-refractivity contribution is 7.98. The van der Waals surface area contributed by atoms with Crippen LogP contribution in [-0.4, -0.2) is 37.4 Å². The monoisotopic (exact) mass is 459 g/mol. The maximum Gasteiger partial charge on any atom is 0.268 e. The second kappa shape index (κ2) is 8.50. The summed E-state index contributed by atoms with van der Waals surface area (Å²) in [7, 11) is 0. The Morgan fingerprint density at radius 3 is 2.93 bits per heavy atom. The minimum Gasteiger partial charge on any atom is -0.376 e. The zero-order chi connectivity index (χ0) is 20.5. The third kappa shape index (κ3) is 4.02. The predicted octanol–water partition coefficient (Wildman–Crippen LogP) is 4.37. The van der Waals surface area contributed by atoms with Gasteiger partial charge in [0.2, 0.25) is 0 Å². The molecule has 4 heterocycles. The van der Waals surface area contributed by atoms with Gasteiger partial charge in [-0.15, -0.1) is 21.5 Å². The Bertz CT molecular complexity index is 1230. The van der Waals surface area contributed by atoms with E-state index in [-0.39, 0.29) is 11.7 Å². The molecule has 4 aromatic rings. The lowest BCUT2D eigenvalue weighted by molar-refractivity contribution is 0.0953. The molecule has 1 fully saturated rings. The van der Waals surface area contributed by atoms with E-state index < -0.39 is 0 Å². The van der Waals surface area contributed by atoms with Gasteiger partial charge in [0.15, 0.2) is 11.0 Å². The number of thiophene rings is 1. The number of hydrogen-bond donors (Lipinski definition) is 1. The summed E-state index contributed by atoms with van der Waals surface area (Å²) in [5, 5.41) is 12.2. The van der Waals surface area contributed by atoms with E-state index in [0.717, 1.165) is 41.5 Å². The predicted molar refractivity (Wildman–Crippen MR) is 119 cm³/mol. The standard InChI is InChI=1S/C20H18ClN5O2S2/c21-13-5-3-12(4-6-13)18-24-25-20(26(18)10-14-2-1-8-28-14)30-11-16-22-15-7-9-29-17(15)19(27)23-16/h3-7,9,14H,1-2,8,10-11H2,(H,22,23,27)/t14-/m1/s1. The third-order valence-corrected chi connectivity index (χ3v) is 7.06. The van der Waals surface area contributed by atoms with Crippen molar-refractivity contribution in [3.63, 3.8) is 0 Å². The minimum absolute atomic E-state index is 0.103. The fourth-order valence-electron chi connectivity index (χ4n) is 3.49. The van der Waals surface area contributed by atoms with Crippen LogP contribution in [0.5, 0.6) is 0 Å². The summed E-state index contributed by atoms with van der Waals surface area (Å²) < 4.78 is 8.58. The highest BCUT2D eigenvalue weighted by Crippen LogP contribution is 2.28. The number of halogens is 1. The van der Waals surface area contributed by atoms with E-state index in [4.69, 9.17) is 16.3 Å². The largest absolute Gasteiger partial charge is 0.376 e. The molecule has 7 nitrogen and oxygen atoms in total. The molecule has 1 aliphatic rings. The Morgan fingerprint density at radius 1 is 1.27 bits per heavy atom. The molecule has 0 saturated carbocycles. The lowest BCUT2D eigenvalue weighted by atomic mass is 10.2. The third-order valence-electron chi connectivity index (χ3n) is 4.93. The molecule has 1 N–H and O–H groups in total. The molecule has 0 spiro atoms. The normalized spacial score (nSPS) is 16.5. The van der Waals surface area contributed by atoms with E-state index in [2.05, 4.69) is 24.7 Å². The number of nitrogens with zero attached hydrogens (tertiary/aromatic N) is 4. The highest BCUT2D eigenvalue weighted by Gasteiger charge is 2.22. The van der Waals surface area contributed by atoms with E-state index >= 15 is 0 Å². The van der Waals surface area contributed by atoms with Crippen LogP contribution in [0.25, 0.3) is 21.6 Å². The van der Waals surface area contributed by atoms with Gasteiger partial charge in [0.1, 0.15) is 10.5 Å². The molecule has 154 valence electrons. The van der Waals surface area contributed by atoms with Crippen molar-refractivity contribution in [2.45, 2.75) is 36.4 Å². The first-order valence-corrected chi connectivity index (χ1v) is 11.8. The summed E-state index contributed by atoms with van der Waals surface area (Å²) in [5.41, 5.74) is 1.57. The van der Waals surface area contributed by atoms with Crippen molar-refractivity contribution in [2.24, 2.45) is 0 Å². The van der Waals surface area contributed by atoms with E-state index in [1.54, 1.807) is 0 Å². The van der Waals surface area contributed by atoms with Crippen molar-refractivity contribution in [3.8, 4) is 11.4 Å². The summed E-state index contributed by atoms with van der Waals surface area (Å²) in [5.74, 6) is 1.89. The Morgan fingerprint density at radius 2 is 2.13 bits per heavy atom. The van der Waals surface area contributed by atoms with Crippen molar-refractivity contribution >= 4 is 44.9 Å². The van der Waals surface area contributed by atoms with E-state index in [0.29, 0.717) is 27.8 Å². The molecule has 1 saturated heterocycles. The van der Waals surface area contributed by atoms with E-state index in [9.17, 15) is 4.79 Å². The number of nitrogens with one attached hydrogen (secondary N) is 1. The molecule has 3 aromatic heterocycles. The van der Waals surface area contributed by atoms with Gasteiger partial charge >= 0.3 is 0 Å². The number of aromatic nitrogens is 5. The van der Waals surface area contributed by atoms with Gasteiger partial charge in [-0.05, 0) is 48.6 Å². The number of thioether (sulfide) groups is 1. The summed E-state index contributed by atoms with van der Waals surface area (Å²) in [4.78, 5) is 19.7. The second-order valence-corrected chi connectivity index (χ2v) is 9.29. The molecule has 0 bridgehead atoms. The lowest BCUT2D eigenvalue weighted by Crippen LogP contribution is -2.17. The zero-order valence-corrected chi connectivity index (χ0v) is 18.3. The summed E-state index contributed by atoms with van der Waals surface area (Å²) in [6.45, 7) is 1.47. The smallest absolute Gasteiger partial charge is 0.268 e. The van der Waals surface area contributed by atoms with Crippen LogP contribution in [0.3, 0.4) is 0 Å². The van der Waals surface area contributed by atoms with Crippen LogP contribution < -0.4 is 5.56 Å². The van der Waals surface area contributed by atoms with Gasteiger partial charge in [-0.2, -0.15) is 0 Å². The number of rotatable bonds is 6. The fraction of sp³-hybridized carbons (Fsp3) is 0.300. The molecular weight excluding hydrogens is 442 g/mol. The van der Waals surface area contributed by atoms with Crippen molar-refractivity contribution in [3.05, 3.63) is 56.9 Å². The molecule has 0 unspecified atom stereocenters. The van der Waals surface area contributed by atoms with Gasteiger partial charge in [0, 0.05) is 17.2 Å².